The third-order valence-corrected chi connectivity index (χ3v) is 6.26. The van der Waals surface area contributed by atoms with Crippen LogP contribution in [0, 0.1) is 11.8 Å². The highest BCUT2D eigenvalue weighted by molar-refractivity contribution is 5.82. The Kier molecular flexibility index (Phi) is 7.31. The fourth-order valence-electron chi connectivity index (χ4n) is 4.64. The third kappa shape index (κ3) is 5.57. The van der Waals surface area contributed by atoms with Gasteiger partial charge in [-0.25, -0.2) is 0 Å². The zero-order valence-electron chi connectivity index (χ0n) is 16.7. The number of unbranched alkanes of at least 4 members (excludes halogenated alkanes) is 1. The second kappa shape index (κ2) is 9.91. The van der Waals surface area contributed by atoms with Crippen LogP contribution >= 0.6 is 0 Å². The molecule has 0 spiro atoms. The van der Waals surface area contributed by atoms with Crippen molar-refractivity contribution in [3.05, 3.63) is 35.9 Å². The van der Waals surface area contributed by atoms with Gasteiger partial charge in [0.2, 0.25) is 11.8 Å². The second-order valence-electron chi connectivity index (χ2n) is 8.29. The maximum absolute atomic E-state index is 12.9. The maximum atomic E-state index is 12.9. The molecule has 2 aliphatic rings. The van der Waals surface area contributed by atoms with E-state index in [-0.39, 0.29) is 17.7 Å². The highest BCUT2D eigenvalue weighted by Crippen LogP contribution is 2.30. The average molecular weight is 371 g/mol. The van der Waals surface area contributed by atoms with Crippen molar-refractivity contribution in [3.8, 4) is 0 Å². The summed E-state index contributed by atoms with van der Waals surface area (Å²) >= 11 is 0. The number of nitrogens with zero attached hydrogens (tertiary/aromatic N) is 1. The van der Waals surface area contributed by atoms with Crippen molar-refractivity contribution in [1.82, 2.24) is 10.2 Å². The van der Waals surface area contributed by atoms with Gasteiger partial charge in [0, 0.05) is 19.1 Å². The summed E-state index contributed by atoms with van der Waals surface area (Å²) in [6.45, 7) is 3.58. The first-order valence-electron chi connectivity index (χ1n) is 10.8. The molecule has 4 heteroatoms. The molecule has 148 valence electrons. The molecule has 1 aromatic carbocycles. The minimum Gasteiger partial charge on any atom is -0.353 e. The fraction of sp³-hybridized carbons (Fsp3) is 0.652. The molecule has 2 fully saturated rings. The zero-order chi connectivity index (χ0) is 19.1. The fourth-order valence-corrected chi connectivity index (χ4v) is 4.64. The number of nitrogens with one attached hydrogen (secondary N) is 1. The van der Waals surface area contributed by atoms with Crippen molar-refractivity contribution in [2.24, 2.45) is 11.8 Å². The number of amides is 2. The standard InChI is InChI=1S/C23H34N2O2/c1-2-3-11-19-12-7-14-21(19)24-23(27)20-13-8-15-25(17-20)22(26)16-18-9-5-4-6-10-18/h4-6,9-10,19-21H,2-3,7-8,11-17H2,1H3,(H,24,27). The summed E-state index contributed by atoms with van der Waals surface area (Å²) < 4.78 is 0. The van der Waals surface area contributed by atoms with Crippen LogP contribution in [0.2, 0.25) is 0 Å². The predicted octanol–water partition coefficient (Wildman–Crippen LogP) is 3.94. The van der Waals surface area contributed by atoms with E-state index in [0.29, 0.717) is 24.9 Å². The Balaban J connectivity index is 1.51. The van der Waals surface area contributed by atoms with E-state index in [1.165, 1.54) is 32.1 Å². The average Bonchev–Trinajstić information content (AvgIpc) is 3.14. The molecular weight excluding hydrogens is 336 g/mol. The molecule has 4 nitrogen and oxygen atoms in total. The maximum Gasteiger partial charge on any atom is 0.227 e. The quantitative estimate of drug-likeness (QED) is 0.790. The van der Waals surface area contributed by atoms with Crippen LogP contribution in [0.25, 0.3) is 0 Å². The first-order valence-corrected chi connectivity index (χ1v) is 10.8. The number of hydrogen-bond donors (Lipinski definition) is 1. The molecule has 1 saturated heterocycles. The molecule has 27 heavy (non-hydrogen) atoms. The van der Waals surface area contributed by atoms with Crippen molar-refractivity contribution in [3.63, 3.8) is 0 Å². The Morgan fingerprint density at radius 3 is 2.70 bits per heavy atom. The number of benzene rings is 1. The summed E-state index contributed by atoms with van der Waals surface area (Å²) in [5.74, 6) is 0.903. The van der Waals surface area contributed by atoms with Crippen molar-refractivity contribution in [2.45, 2.75) is 70.8 Å². The highest BCUT2D eigenvalue weighted by atomic mass is 16.2. The van der Waals surface area contributed by atoms with E-state index in [4.69, 9.17) is 0 Å². The van der Waals surface area contributed by atoms with Crippen LogP contribution in [-0.2, 0) is 16.0 Å². The van der Waals surface area contributed by atoms with E-state index in [0.717, 1.165) is 31.4 Å². The summed E-state index contributed by atoms with van der Waals surface area (Å²) in [5.41, 5.74) is 1.04. The van der Waals surface area contributed by atoms with Gasteiger partial charge in [-0.05, 0) is 43.6 Å². The van der Waals surface area contributed by atoms with Crippen LogP contribution in [0.4, 0.5) is 0 Å². The number of piperidine rings is 1. The van der Waals surface area contributed by atoms with Gasteiger partial charge in [0.1, 0.15) is 0 Å². The van der Waals surface area contributed by atoms with Crippen LogP contribution in [0.3, 0.4) is 0 Å². The van der Waals surface area contributed by atoms with Gasteiger partial charge < -0.3 is 10.2 Å². The molecule has 0 aromatic heterocycles. The van der Waals surface area contributed by atoms with Gasteiger partial charge >= 0.3 is 0 Å². The first-order chi connectivity index (χ1) is 13.2. The topological polar surface area (TPSA) is 49.4 Å². The Morgan fingerprint density at radius 2 is 1.93 bits per heavy atom. The molecule has 1 saturated carbocycles. The predicted molar refractivity (Wildman–Crippen MR) is 108 cm³/mol. The van der Waals surface area contributed by atoms with Crippen LogP contribution in [0.1, 0.15) is 63.9 Å². The van der Waals surface area contributed by atoms with Gasteiger partial charge in [0.15, 0.2) is 0 Å². The SMILES string of the molecule is CCCCC1CCCC1NC(=O)C1CCCN(C(=O)Cc2ccccc2)C1. The smallest absolute Gasteiger partial charge is 0.227 e. The molecule has 1 N–H and O–H groups in total. The van der Waals surface area contributed by atoms with E-state index >= 15 is 0 Å². The second-order valence-corrected chi connectivity index (χ2v) is 8.29. The van der Waals surface area contributed by atoms with Crippen molar-refractivity contribution >= 4 is 11.8 Å². The van der Waals surface area contributed by atoms with Crippen molar-refractivity contribution < 1.29 is 9.59 Å². The monoisotopic (exact) mass is 370 g/mol. The van der Waals surface area contributed by atoms with Gasteiger partial charge in [0.25, 0.3) is 0 Å². The van der Waals surface area contributed by atoms with Gasteiger partial charge in [-0.2, -0.15) is 0 Å². The first kappa shape index (κ1) is 19.9. The van der Waals surface area contributed by atoms with Crippen LogP contribution in [0.15, 0.2) is 30.3 Å². The van der Waals surface area contributed by atoms with E-state index in [1.54, 1.807) is 0 Å². The van der Waals surface area contributed by atoms with Gasteiger partial charge in [-0.1, -0.05) is 56.5 Å². The van der Waals surface area contributed by atoms with E-state index in [2.05, 4.69) is 12.2 Å². The van der Waals surface area contributed by atoms with Crippen LogP contribution in [0.5, 0.6) is 0 Å². The highest BCUT2D eigenvalue weighted by Gasteiger charge is 2.33. The molecule has 3 atom stereocenters. The Labute approximate surface area is 163 Å². The molecule has 3 unspecified atom stereocenters. The summed E-state index contributed by atoms with van der Waals surface area (Å²) in [6, 6.07) is 10.2. The minimum atomic E-state index is -0.0501. The molecule has 1 heterocycles. The summed E-state index contributed by atoms with van der Waals surface area (Å²) in [5, 5.41) is 3.34. The van der Waals surface area contributed by atoms with Crippen molar-refractivity contribution in [2.75, 3.05) is 13.1 Å². The molecule has 0 bridgehead atoms. The molecular formula is C23H34N2O2. The number of carbonyl (C=O) groups is 2. The third-order valence-electron chi connectivity index (χ3n) is 6.26. The molecule has 1 aliphatic heterocycles. The summed E-state index contributed by atoms with van der Waals surface area (Å²) in [7, 11) is 0. The van der Waals surface area contributed by atoms with Crippen molar-refractivity contribution in [1.29, 1.82) is 0 Å². The molecule has 1 aromatic rings. The number of hydrogen-bond acceptors (Lipinski definition) is 2. The van der Waals surface area contributed by atoms with Crippen LogP contribution < -0.4 is 5.32 Å². The van der Waals surface area contributed by atoms with Gasteiger partial charge in [-0.3, -0.25) is 9.59 Å². The number of rotatable bonds is 7. The zero-order valence-corrected chi connectivity index (χ0v) is 16.7. The lowest BCUT2D eigenvalue weighted by Gasteiger charge is -2.33. The Hall–Kier alpha value is -1.84. The Bertz CT molecular complexity index is 616. The largest absolute Gasteiger partial charge is 0.353 e. The Morgan fingerprint density at radius 1 is 1.11 bits per heavy atom. The lowest BCUT2D eigenvalue weighted by atomic mass is 9.93. The molecule has 2 amide bonds. The van der Waals surface area contributed by atoms with Gasteiger partial charge in [0.05, 0.1) is 12.3 Å². The summed E-state index contributed by atoms with van der Waals surface area (Å²) in [4.78, 5) is 27.4. The normalized spacial score (nSPS) is 25.4. The number of likely N-dealkylation sites (tertiary alicyclic amines) is 1. The van der Waals surface area contributed by atoms with Crippen LogP contribution in [-0.4, -0.2) is 35.8 Å². The lowest BCUT2D eigenvalue weighted by Crippen LogP contribution is -2.48. The molecule has 1 aliphatic carbocycles. The lowest BCUT2D eigenvalue weighted by molar-refractivity contribution is -0.135. The minimum absolute atomic E-state index is 0.0501. The van der Waals surface area contributed by atoms with E-state index in [9.17, 15) is 9.59 Å². The van der Waals surface area contributed by atoms with E-state index in [1.807, 2.05) is 35.2 Å². The van der Waals surface area contributed by atoms with E-state index < -0.39 is 0 Å². The summed E-state index contributed by atoms with van der Waals surface area (Å²) in [6.07, 6.45) is 9.54. The number of carbonyl (C=O) groups excluding carboxylic acids is 2. The molecule has 3 rings (SSSR count). The molecule has 0 radical (unpaired) electrons. The van der Waals surface area contributed by atoms with Gasteiger partial charge in [-0.15, -0.1) is 0 Å².